The van der Waals surface area contributed by atoms with Crippen molar-refractivity contribution < 1.29 is 10.2 Å². The molecule has 21 heavy (non-hydrogen) atoms. The van der Waals surface area contributed by atoms with E-state index in [9.17, 15) is 10.2 Å². The van der Waals surface area contributed by atoms with Gasteiger partial charge in [-0.3, -0.25) is 4.90 Å². The van der Waals surface area contributed by atoms with Gasteiger partial charge in [-0.2, -0.15) is 0 Å². The quantitative estimate of drug-likeness (QED) is 0.755. The summed E-state index contributed by atoms with van der Waals surface area (Å²) in [4.78, 5) is 2.33. The molecular weight excluding hydrogens is 264 g/mol. The molecule has 1 heterocycles. The minimum atomic E-state index is -0.0986. The first-order valence-corrected chi connectivity index (χ1v) is 7.22. The molecule has 0 fully saturated rings. The number of nitrogens with zero attached hydrogens (tertiary/aromatic N) is 1. The predicted molar refractivity (Wildman–Crippen MR) is 82.1 cm³/mol. The third-order valence-electron chi connectivity index (χ3n) is 4.21. The molecule has 0 saturated heterocycles. The lowest BCUT2D eigenvalue weighted by Crippen LogP contribution is -2.37. The van der Waals surface area contributed by atoms with E-state index in [1.807, 2.05) is 6.07 Å². The van der Waals surface area contributed by atoms with E-state index in [4.69, 9.17) is 5.73 Å². The summed E-state index contributed by atoms with van der Waals surface area (Å²) in [6, 6.07) is 13.5. The van der Waals surface area contributed by atoms with Crippen LogP contribution in [0.2, 0.25) is 0 Å². The van der Waals surface area contributed by atoms with Crippen LogP contribution in [0, 0.1) is 0 Å². The van der Waals surface area contributed by atoms with E-state index >= 15 is 0 Å². The van der Waals surface area contributed by atoms with Crippen LogP contribution >= 0.6 is 0 Å². The van der Waals surface area contributed by atoms with Crippen molar-refractivity contribution in [1.29, 1.82) is 0 Å². The van der Waals surface area contributed by atoms with E-state index in [0.29, 0.717) is 6.54 Å². The Morgan fingerprint density at radius 1 is 1.05 bits per heavy atom. The van der Waals surface area contributed by atoms with E-state index in [1.54, 1.807) is 6.07 Å². The Bertz CT molecular complexity index is 642. The molecule has 2 aromatic carbocycles. The second-order valence-corrected chi connectivity index (χ2v) is 5.49. The SMILES string of the molecule is NCC(c1ccc(O)c(O)c1)N1CCc2ccccc2C1. The average Bonchev–Trinajstić information content (AvgIpc) is 2.51. The van der Waals surface area contributed by atoms with Crippen LogP contribution in [-0.2, 0) is 13.0 Å². The maximum absolute atomic E-state index is 9.69. The van der Waals surface area contributed by atoms with E-state index in [-0.39, 0.29) is 17.5 Å². The van der Waals surface area contributed by atoms with Gasteiger partial charge in [-0.05, 0) is 35.2 Å². The van der Waals surface area contributed by atoms with Gasteiger partial charge in [-0.25, -0.2) is 0 Å². The largest absolute Gasteiger partial charge is 0.504 e. The minimum Gasteiger partial charge on any atom is -0.504 e. The van der Waals surface area contributed by atoms with Crippen molar-refractivity contribution in [2.45, 2.75) is 19.0 Å². The Morgan fingerprint density at radius 3 is 2.52 bits per heavy atom. The number of fused-ring (bicyclic) bond motifs is 1. The number of phenols is 2. The van der Waals surface area contributed by atoms with Gasteiger partial charge in [0.2, 0.25) is 0 Å². The highest BCUT2D eigenvalue weighted by atomic mass is 16.3. The lowest BCUT2D eigenvalue weighted by atomic mass is 9.96. The third-order valence-corrected chi connectivity index (χ3v) is 4.21. The zero-order valence-electron chi connectivity index (χ0n) is 11.9. The standard InChI is InChI=1S/C17H20N2O2/c18-10-15(13-5-6-16(20)17(21)9-13)19-8-7-12-3-1-2-4-14(12)11-19/h1-6,9,15,20-21H,7-8,10-11,18H2. The Labute approximate surface area is 124 Å². The van der Waals surface area contributed by atoms with Gasteiger partial charge in [0.05, 0.1) is 0 Å². The van der Waals surface area contributed by atoms with Crippen LogP contribution in [-0.4, -0.2) is 28.2 Å². The molecule has 1 unspecified atom stereocenters. The van der Waals surface area contributed by atoms with E-state index in [1.165, 1.54) is 17.2 Å². The van der Waals surface area contributed by atoms with Crippen LogP contribution in [0.3, 0.4) is 0 Å². The lowest BCUT2D eigenvalue weighted by molar-refractivity contribution is 0.183. The van der Waals surface area contributed by atoms with Crippen molar-refractivity contribution in [3.63, 3.8) is 0 Å². The molecule has 0 bridgehead atoms. The molecule has 0 radical (unpaired) electrons. The molecule has 4 nitrogen and oxygen atoms in total. The van der Waals surface area contributed by atoms with Gasteiger partial charge in [-0.1, -0.05) is 30.3 Å². The highest BCUT2D eigenvalue weighted by Crippen LogP contribution is 2.32. The van der Waals surface area contributed by atoms with Gasteiger partial charge in [0.25, 0.3) is 0 Å². The number of phenolic OH excluding ortho intramolecular Hbond substituents is 2. The van der Waals surface area contributed by atoms with Gasteiger partial charge in [0.15, 0.2) is 11.5 Å². The molecule has 0 saturated carbocycles. The molecule has 0 amide bonds. The fourth-order valence-electron chi connectivity index (χ4n) is 3.03. The number of hydrogen-bond acceptors (Lipinski definition) is 4. The first-order valence-electron chi connectivity index (χ1n) is 7.22. The molecule has 0 aromatic heterocycles. The van der Waals surface area contributed by atoms with Crippen LogP contribution in [0.1, 0.15) is 22.7 Å². The Kier molecular flexibility index (Phi) is 3.82. The highest BCUT2D eigenvalue weighted by Gasteiger charge is 2.24. The second kappa shape index (κ2) is 5.76. The maximum atomic E-state index is 9.69. The minimum absolute atomic E-state index is 0.0462. The number of hydrogen-bond donors (Lipinski definition) is 3. The molecule has 0 aliphatic carbocycles. The summed E-state index contributed by atoms with van der Waals surface area (Å²) in [5.41, 5.74) is 9.63. The molecule has 3 rings (SSSR count). The van der Waals surface area contributed by atoms with Crippen molar-refractivity contribution in [1.82, 2.24) is 4.90 Å². The summed E-state index contributed by atoms with van der Waals surface area (Å²) in [7, 11) is 0. The molecule has 2 aromatic rings. The van der Waals surface area contributed by atoms with Gasteiger partial charge in [0, 0.05) is 25.7 Å². The highest BCUT2D eigenvalue weighted by molar-refractivity contribution is 5.42. The monoisotopic (exact) mass is 284 g/mol. The van der Waals surface area contributed by atoms with Gasteiger partial charge in [-0.15, -0.1) is 0 Å². The van der Waals surface area contributed by atoms with E-state index < -0.39 is 0 Å². The molecule has 1 atom stereocenters. The zero-order valence-corrected chi connectivity index (χ0v) is 11.9. The molecule has 4 N–H and O–H groups in total. The lowest BCUT2D eigenvalue weighted by Gasteiger charge is -2.35. The smallest absolute Gasteiger partial charge is 0.157 e. The van der Waals surface area contributed by atoms with Gasteiger partial charge < -0.3 is 15.9 Å². The van der Waals surface area contributed by atoms with E-state index in [2.05, 4.69) is 29.2 Å². The Hall–Kier alpha value is -2.04. The number of benzene rings is 2. The molecule has 110 valence electrons. The fraction of sp³-hybridized carbons (Fsp3) is 0.294. The molecule has 1 aliphatic heterocycles. The summed E-state index contributed by atoms with van der Waals surface area (Å²) in [5, 5.41) is 19.1. The van der Waals surface area contributed by atoms with Gasteiger partial charge in [0.1, 0.15) is 0 Å². The summed E-state index contributed by atoms with van der Waals surface area (Å²) < 4.78 is 0. The molecule has 4 heteroatoms. The number of aromatic hydroxyl groups is 2. The van der Waals surface area contributed by atoms with Crippen LogP contribution in [0.4, 0.5) is 0 Å². The van der Waals surface area contributed by atoms with E-state index in [0.717, 1.165) is 25.1 Å². The first-order chi connectivity index (χ1) is 10.2. The van der Waals surface area contributed by atoms with Crippen LogP contribution < -0.4 is 5.73 Å². The Balaban J connectivity index is 1.86. The third kappa shape index (κ3) is 2.73. The summed E-state index contributed by atoms with van der Waals surface area (Å²) in [6.45, 7) is 2.28. The first kappa shape index (κ1) is 13.9. The molecule has 1 aliphatic rings. The van der Waals surface area contributed by atoms with Crippen molar-refractivity contribution >= 4 is 0 Å². The zero-order chi connectivity index (χ0) is 14.8. The fourth-order valence-corrected chi connectivity index (χ4v) is 3.03. The molecular formula is C17H20N2O2. The topological polar surface area (TPSA) is 69.7 Å². The Morgan fingerprint density at radius 2 is 1.81 bits per heavy atom. The van der Waals surface area contributed by atoms with Crippen LogP contribution in [0.15, 0.2) is 42.5 Å². The number of rotatable bonds is 3. The predicted octanol–water partition coefficient (Wildman–Crippen LogP) is 2.16. The summed E-state index contributed by atoms with van der Waals surface area (Å²) >= 11 is 0. The van der Waals surface area contributed by atoms with Crippen molar-refractivity contribution in [3.8, 4) is 11.5 Å². The van der Waals surface area contributed by atoms with Crippen molar-refractivity contribution in [3.05, 3.63) is 59.2 Å². The maximum Gasteiger partial charge on any atom is 0.157 e. The number of nitrogens with two attached hydrogens (primary N) is 1. The van der Waals surface area contributed by atoms with Crippen LogP contribution in [0.5, 0.6) is 11.5 Å². The summed E-state index contributed by atoms with van der Waals surface area (Å²) in [5.74, 6) is -0.193. The van der Waals surface area contributed by atoms with Crippen molar-refractivity contribution in [2.24, 2.45) is 5.73 Å². The average molecular weight is 284 g/mol. The second-order valence-electron chi connectivity index (χ2n) is 5.49. The van der Waals surface area contributed by atoms with Crippen molar-refractivity contribution in [2.75, 3.05) is 13.1 Å². The van der Waals surface area contributed by atoms with Crippen LogP contribution in [0.25, 0.3) is 0 Å². The molecule has 0 spiro atoms. The van der Waals surface area contributed by atoms with Gasteiger partial charge >= 0.3 is 0 Å². The normalized spacial score (nSPS) is 16.4. The summed E-state index contributed by atoms with van der Waals surface area (Å²) in [6.07, 6.45) is 1.01.